The summed E-state index contributed by atoms with van der Waals surface area (Å²) in [6, 6.07) is 9.55. The van der Waals surface area contributed by atoms with E-state index in [0.29, 0.717) is 35.5 Å². The standard InChI is InChI=1S/C17H18FN5O2S/c1-26(24,25)10-2-9-20-16-15-14(22-17(19)23-16)8-7-13(21-15)11-3-5-12(18)6-4-11/h3-8H,2,9-10H2,1H3,(H3,19,20,22,23). The third-order valence-electron chi connectivity index (χ3n) is 3.68. The number of benzene rings is 1. The normalized spacial score (nSPS) is 11.6. The number of aromatic nitrogens is 3. The van der Waals surface area contributed by atoms with Gasteiger partial charge in [-0.2, -0.15) is 4.98 Å². The second-order valence-corrected chi connectivity index (χ2v) is 8.17. The molecule has 26 heavy (non-hydrogen) atoms. The minimum atomic E-state index is -3.02. The average Bonchev–Trinajstić information content (AvgIpc) is 2.58. The van der Waals surface area contributed by atoms with Crippen molar-refractivity contribution >= 4 is 32.6 Å². The molecule has 0 spiro atoms. The maximum absolute atomic E-state index is 13.1. The lowest BCUT2D eigenvalue weighted by atomic mass is 10.1. The number of nitrogens with two attached hydrogens (primary N) is 1. The van der Waals surface area contributed by atoms with E-state index < -0.39 is 9.84 Å². The summed E-state index contributed by atoms with van der Waals surface area (Å²) in [5, 5.41) is 3.07. The van der Waals surface area contributed by atoms with Gasteiger partial charge in [-0.25, -0.2) is 22.8 Å². The molecule has 0 aliphatic heterocycles. The van der Waals surface area contributed by atoms with Crippen LogP contribution < -0.4 is 11.1 Å². The maximum atomic E-state index is 13.1. The van der Waals surface area contributed by atoms with E-state index in [-0.39, 0.29) is 17.5 Å². The van der Waals surface area contributed by atoms with Gasteiger partial charge in [0.2, 0.25) is 5.95 Å². The van der Waals surface area contributed by atoms with E-state index in [2.05, 4.69) is 20.3 Å². The first-order valence-corrected chi connectivity index (χ1v) is 10.00. The van der Waals surface area contributed by atoms with Crippen molar-refractivity contribution in [2.75, 3.05) is 29.6 Å². The second-order valence-electron chi connectivity index (χ2n) is 5.91. The van der Waals surface area contributed by atoms with E-state index in [1.54, 1.807) is 24.3 Å². The molecule has 0 saturated heterocycles. The fraction of sp³-hybridized carbons (Fsp3) is 0.235. The van der Waals surface area contributed by atoms with Crippen LogP contribution in [0.1, 0.15) is 6.42 Å². The molecule has 0 unspecified atom stereocenters. The van der Waals surface area contributed by atoms with Crippen molar-refractivity contribution < 1.29 is 12.8 Å². The molecule has 3 rings (SSSR count). The van der Waals surface area contributed by atoms with E-state index in [0.717, 1.165) is 5.56 Å². The Hall–Kier alpha value is -2.81. The van der Waals surface area contributed by atoms with Crippen LogP contribution in [0.3, 0.4) is 0 Å². The quantitative estimate of drug-likeness (QED) is 0.636. The van der Waals surface area contributed by atoms with Crippen LogP contribution in [0.4, 0.5) is 16.2 Å². The highest BCUT2D eigenvalue weighted by atomic mass is 32.2. The molecule has 0 aliphatic rings. The molecule has 7 nitrogen and oxygen atoms in total. The van der Waals surface area contributed by atoms with Crippen LogP contribution in [0.15, 0.2) is 36.4 Å². The number of halogens is 1. The van der Waals surface area contributed by atoms with Gasteiger partial charge in [0.25, 0.3) is 0 Å². The maximum Gasteiger partial charge on any atom is 0.222 e. The summed E-state index contributed by atoms with van der Waals surface area (Å²) in [6.07, 6.45) is 1.63. The monoisotopic (exact) mass is 375 g/mol. The number of nitrogens with zero attached hydrogens (tertiary/aromatic N) is 3. The SMILES string of the molecule is CS(=O)(=O)CCCNc1nc(N)nc2ccc(-c3ccc(F)cc3)nc12. The van der Waals surface area contributed by atoms with Gasteiger partial charge in [-0.3, -0.25) is 0 Å². The average molecular weight is 375 g/mol. The van der Waals surface area contributed by atoms with E-state index in [9.17, 15) is 12.8 Å². The minimum Gasteiger partial charge on any atom is -0.368 e. The molecule has 2 aromatic heterocycles. The molecule has 0 bridgehead atoms. The number of anilines is 2. The minimum absolute atomic E-state index is 0.0761. The third-order valence-corrected chi connectivity index (χ3v) is 4.71. The van der Waals surface area contributed by atoms with Gasteiger partial charge >= 0.3 is 0 Å². The summed E-state index contributed by atoms with van der Waals surface area (Å²) < 4.78 is 35.6. The summed E-state index contributed by atoms with van der Waals surface area (Å²) in [7, 11) is -3.02. The highest BCUT2D eigenvalue weighted by Crippen LogP contribution is 2.24. The highest BCUT2D eigenvalue weighted by molar-refractivity contribution is 7.90. The van der Waals surface area contributed by atoms with Crippen molar-refractivity contribution in [3.63, 3.8) is 0 Å². The van der Waals surface area contributed by atoms with E-state index in [4.69, 9.17) is 5.73 Å². The van der Waals surface area contributed by atoms with Crippen molar-refractivity contribution in [3.8, 4) is 11.3 Å². The Morgan fingerprint density at radius 2 is 1.81 bits per heavy atom. The van der Waals surface area contributed by atoms with Gasteiger partial charge in [0.05, 0.1) is 17.0 Å². The van der Waals surface area contributed by atoms with Gasteiger partial charge in [-0.05, 0) is 42.8 Å². The van der Waals surface area contributed by atoms with E-state index >= 15 is 0 Å². The molecule has 1 aromatic carbocycles. The first kappa shape index (κ1) is 18.0. The van der Waals surface area contributed by atoms with Gasteiger partial charge in [-0.15, -0.1) is 0 Å². The number of hydrogen-bond donors (Lipinski definition) is 2. The summed E-state index contributed by atoms with van der Waals surface area (Å²) >= 11 is 0. The first-order valence-electron chi connectivity index (χ1n) is 7.94. The van der Waals surface area contributed by atoms with Crippen LogP contribution in [0, 0.1) is 5.82 Å². The molecule has 136 valence electrons. The van der Waals surface area contributed by atoms with Gasteiger partial charge in [0.15, 0.2) is 5.82 Å². The predicted octanol–water partition coefficient (Wildman–Crippen LogP) is 2.26. The van der Waals surface area contributed by atoms with Crippen LogP contribution >= 0.6 is 0 Å². The van der Waals surface area contributed by atoms with E-state index in [1.165, 1.54) is 18.4 Å². The van der Waals surface area contributed by atoms with E-state index in [1.807, 2.05) is 0 Å². The topological polar surface area (TPSA) is 111 Å². The fourth-order valence-electron chi connectivity index (χ4n) is 2.48. The summed E-state index contributed by atoms with van der Waals surface area (Å²) in [5.41, 5.74) is 8.22. The first-order chi connectivity index (χ1) is 12.3. The lowest BCUT2D eigenvalue weighted by Gasteiger charge is -2.10. The van der Waals surface area contributed by atoms with Gasteiger partial charge in [0, 0.05) is 18.4 Å². The molecule has 0 saturated carbocycles. The predicted molar refractivity (Wildman–Crippen MR) is 100.0 cm³/mol. The largest absolute Gasteiger partial charge is 0.368 e. The van der Waals surface area contributed by atoms with Crippen molar-refractivity contribution in [2.45, 2.75) is 6.42 Å². The summed E-state index contributed by atoms with van der Waals surface area (Å²) in [4.78, 5) is 12.9. The van der Waals surface area contributed by atoms with Crippen LogP contribution in [0.2, 0.25) is 0 Å². The van der Waals surface area contributed by atoms with Crippen LogP contribution in [0.5, 0.6) is 0 Å². The lowest BCUT2D eigenvalue weighted by molar-refractivity contribution is 0.600. The Bertz CT molecular complexity index is 1040. The number of pyridine rings is 1. The highest BCUT2D eigenvalue weighted by Gasteiger charge is 2.10. The molecule has 2 heterocycles. The van der Waals surface area contributed by atoms with Crippen LogP contribution in [0.25, 0.3) is 22.3 Å². The molecule has 0 amide bonds. The summed E-state index contributed by atoms with van der Waals surface area (Å²) in [6.45, 7) is 0.404. The molecular formula is C17H18FN5O2S. The van der Waals surface area contributed by atoms with Gasteiger partial charge in [0.1, 0.15) is 21.2 Å². The number of rotatable bonds is 6. The zero-order valence-electron chi connectivity index (χ0n) is 14.1. The molecule has 0 fully saturated rings. The van der Waals surface area contributed by atoms with Gasteiger partial charge in [-0.1, -0.05) is 0 Å². The summed E-state index contributed by atoms with van der Waals surface area (Å²) in [5.74, 6) is 0.288. The number of sulfone groups is 1. The second kappa shape index (κ2) is 7.20. The number of nitrogen functional groups attached to an aromatic ring is 1. The Labute approximate surface area is 150 Å². The lowest BCUT2D eigenvalue weighted by Crippen LogP contribution is -2.12. The molecule has 9 heteroatoms. The molecule has 0 aliphatic carbocycles. The Kier molecular flexibility index (Phi) is 4.99. The number of hydrogen-bond acceptors (Lipinski definition) is 7. The third kappa shape index (κ3) is 4.42. The van der Waals surface area contributed by atoms with Gasteiger partial charge < -0.3 is 11.1 Å². The van der Waals surface area contributed by atoms with Crippen LogP contribution in [-0.4, -0.2) is 41.9 Å². The molecular weight excluding hydrogens is 357 g/mol. The number of fused-ring (bicyclic) bond motifs is 1. The number of nitrogens with one attached hydrogen (secondary N) is 1. The van der Waals surface area contributed by atoms with Crippen molar-refractivity contribution in [2.24, 2.45) is 0 Å². The zero-order valence-corrected chi connectivity index (χ0v) is 14.9. The Balaban J connectivity index is 1.91. The smallest absolute Gasteiger partial charge is 0.222 e. The zero-order chi connectivity index (χ0) is 18.7. The fourth-order valence-corrected chi connectivity index (χ4v) is 3.15. The molecule has 3 N–H and O–H groups in total. The van der Waals surface area contributed by atoms with Crippen LogP contribution in [-0.2, 0) is 9.84 Å². The van der Waals surface area contributed by atoms with Crippen molar-refractivity contribution in [1.82, 2.24) is 15.0 Å². The Morgan fingerprint density at radius 3 is 2.50 bits per heavy atom. The molecule has 3 aromatic rings. The van der Waals surface area contributed by atoms with Crippen molar-refractivity contribution in [3.05, 3.63) is 42.2 Å². The Morgan fingerprint density at radius 1 is 1.08 bits per heavy atom. The molecule has 0 radical (unpaired) electrons. The molecule has 0 atom stereocenters. The van der Waals surface area contributed by atoms with Crippen molar-refractivity contribution in [1.29, 1.82) is 0 Å².